The van der Waals surface area contributed by atoms with Gasteiger partial charge in [0.1, 0.15) is 0 Å². The summed E-state index contributed by atoms with van der Waals surface area (Å²) in [5, 5.41) is 0. The molecule has 1 atom stereocenters. The lowest BCUT2D eigenvalue weighted by Crippen LogP contribution is -2.19. The predicted octanol–water partition coefficient (Wildman–Crippen LogP) is 0.148. The maximum absolute atomic E-state index is 7.02. The third-order valence-corrected chi connectivity index (χ3v) is 1.26. The molecule has 0 aromatic heterocycles. The van der Waals surface area contributed by atoms with Gasteiger partial charge in [0, 0.05) is 19.9 Å². The molecule has 0 aromatic rings. The Hall–Kier alpha value is 0.0700. The van der Waals surface area contributed by atoms with Crippen LogP contribution >= 0.6 is 0 Å². The SMILES string of the molecule is COCCNS(C)=N. The summed E-state index contributed by atoms with van der Waals surface area (Å²) in [5.74, 6) is 0. The van der Waals surface area contributed by atoms with E-state index in [1.165, 1.54) is 0 Å². The number of hydrogen-bond acceptors (Lipinski definition) is 2. The molecule has 0 aromatic carbocycles. The van der Waals surface area contributed by atoms with Gasteiger partial charge in [0.05, 0.1) is 6.61 Å². The first-order valence-corrected chi connectivity index (χ1v) is 4.00. The van der Waals surface area contributed by atoms with Gasteiger partial charge in [-0.15, -0.1) is 0 Å². The summed E-state index contributed by atoms with van der Waals surface area (Å²) in [4.78, 5) is 0. The summed E-state index contributed by atoms with van der Waals surface area (Å²) >= 11 is 0. The van der Waals surface area contributed by atoms with Crippen LogP contribution in [0.2, 0.25) is 0 Å². The topological polar surface area (TPSA) is 45.1 Å². The first kappa shape index (κ1) is 8.07. The normalized spacial score (nSPS) is 13.8. The summed E-state index contributed by atoms with van der Waals surface area (Å²) in [6, 6.07) is 0. The van der Waals surface area contributed by atoms with Gasteiger partial charge in [-0.05, 0) is 10.9 Å². The van der Waals surface area contributed by atoms with Crippen molar-refractivity contribution in [2.45, 2.75) is 0 Å². The van der Waals surface area contributed by atoms with Crippen LogP contribution in [0.1, 0.15) is 0 Å². The zero-order valence-corrected chi connectivity index (χ0v) is 6.05. The second kappa shape index (κ2) is 5.21. The van der Waals surface area contributed by atoms with Gasteiger partial charge in [0.2, 0.25) is 0 Å². The van der Waals surface area contributed by atoms with Gasteiger partial charge in [-0.1, -0.05) is 0 Å². The minimum absolute atomic E-state index is 0.397. The Labute approximate surface area is 52.5 Å². The van der Waals surface area contributed by atoms with E-state index in [0.29, 0.717) is 6.61 Å². The molecule has 8 heavy (non-hydrogen) atoms. The Balaban J connectivity index is 2.82. The minimum atomic E-state index is -0.397. The van der Waals surface area contributed by atoms with Crippen molar-refractivity contribution < 1.29 is 4.74 Å². The molecule has 0 heterocycles. The maximum Gasteiger partial charge on any atom is 0.0596 e. The third kappa shape index (κ3) is 6.07. The van der Waals surface area contributed by atoms with Gasteiger partial charge >= 0.3 is 0 Å². The fourth-order valence-electron chi connectivity index (χ4n) is 0.297. The van der Waals surface area contributed by atoms with Gasteiger partial charge in [0.15, 0.2) is 0 Å². The van der Waals surface area contributed by atoms with Crippen LogP contribution < -0.4 is 4.72 Å². The van der Waals surface area contributed by atoms with Gasteiger partial charge in [0.25, 0.3) is 0 Å². The lowest BCUT2D eigenvalue weighted by molar-refractivity contribution is 0.205. The lowest BCUT2D eigenvalue weighted by atomic mass is 10.7. The van der Waals surface area contributed by atoms with Crippen molar-refractivity contribution in [1.82, 2.24) is 4.72 Å². The summed E-state index contributed by atoms with van der Waals surface area (Å²) in [7, 11) is 1.26. The van der Waals surface area contributed by atoms with Crippen molar-refractivity contribution >= 4 is 10.9 Å². The van der Waals surface area contributed by atoms with E-state index in [-0.39, 0.29) is 0 Å². The monoisotopic (exact) mass is 136 g/mol. The van der Waals surface area contributed by atoms with Crippen molar-refractivity contribution in [3.05, 3.63) is 0 Å². The highest BCUT2D eigenvalue weighted by Gasteiger charge is 1.81. The van der Waals surface area contributed by atoms with Crippen molar-refractivity contribution in [3.63, 3.8) is 0 Å². The Morgan fingerprint density at radius 2 is 2.38 bits per heavy atom. The standard InChI is InChI=1S/C4H12N2OS/c1-7-4-3-6-8(2)5/h3-4H2,1-2H3,(H2,5,6). The molecule has 0 amide bonds. The van der Waals surface area contributed by atoms with E-state index in [0.717, 1.165) is 6.54 Å². The molecule has 4 heteroatoms. The van der Waals surface area contributed by atoms with E-state index in [1.54, 1.807) is 7.11 Å². The first-order chi connectivity index (χ1) is 3.77. The number of methoxy groups -OCH3 is 1. The molecule has 0 saturated heterocycles. The number of ether oxygens (including phenoxy) is 1. The lowest BCUT2D eigenvalue weighted by Gasteiger charge is -1.99. The van der Waals surface area contributed by atoms with E-state index < -0.39 is 10.9 Å². The number of hydrogen-bond donors (Lipinski definition) is 2. The average molecular weight is 136 g/mol. The van der Waals surface area contributed by atoms with Crippen LogP contribution in [0.15, 0.2) is 0 Å². The van der Waals surface area contributed by atoms with E-state index in [9.17, 15) is 0 Å². The van der Waals surface area contributed by atoms with Gasteiger partial charge in [-0.3, -0.25) is 9.50 Å². The van der Waals surface area contributed by atoms with Crippen LogP contribution in [0, 0.1) is 4.78 Å². The summed E-state index contributed by atoms with van der Waals surface area (Å²) in [6.07, 6.45) is 1.82. The van der Waals surface area contributed by atoms with E-state index >= 15 is 0 Å². The van der Waals surface area contributed by atoms with Crippen LogP contribution in [0.4, 0.5) is 0 Å². The summed E-state index contributed by atoms with van der Waals surface area (Å²) in [6.45, 7) is 1.47. The first-order valence-electron chi connectivity index (χ1n) is 2.37. The molecule has 3 nitrogen and oxygen atoms in total. The van der Waals surface area contributed by atoms with Gasteiger partial charge in [-0.25, -0.2) is 0 Å². The minimum Gasteiger partial charge on any atom is -0.383 e. The molecule has 0 aliphatic heterocycles. The van der Waals surface area contributed by atoms with E-state index in [1.807, 2.05) is 6.26 Å². The third-order valence-electron chi connectivity index (χ3n) is 0.625. The molecule has 0 fully saturated rings. The smallest absolute Gasteiger partial charge is 0.0596 e. The largest absolute Gasteiger partial charge is 0.383 e. The van der Waals surface area contributed by atoms with Gasteiger partial charge < -0.3 is 4.74 Å². The summed E-state index contributed by atoms with van der Waals surface area (Å²) < 4.78 is 14.7. The maximum atomic E-state index is 7.02. The Bertz CT molecular complexity index is 76.4. The van der Waals surface area contributed by atoms with Crippen molar-refractivity contribution in [1.29, 1.82) is 4.78 Å². The molecule has 1 unspecified atom stereocenters. The molecule has 0 aliphatic carbocycles. The quantitative estimate of drug-likeness (QED) is 0.540. The van der Waals surface area contributed by atoms with E-state index in [4.69, 9.17) is 9.52 Å². The highest BCUT2D eigenvalue weighted by Crippen LogP contribution is 1.66. The van der Waals surface area contributed by atoms with E-state index in [2.05, 4.69) is 4.72 Å². The average Bonchev–Trinajstić information content (AvgIpc) is 1.66. The van der Waals surface area contributed by atoms with Crippen molar-refractivity contribution in [2.24, 2.45) is 0 Å². The van der Waals surface area contributed by atoms with Crippen molar-refractivity contribution in [2.75, 3.05) is 26.5 Å². The van der Waals surface area contributed by atoms with Crippen LogP contribution in [-0.4, -0.2) is 26.5 Å². The molecule has 50 valence electrons. The highest BCUT2D eigenvalue weighted by atomic mass is 32.2. The fraction of sp³-hybridized carbons (Fsp3) is 1.00. The molecular formula is C4H12N2OS. The molecule has 0 saturated carbocycles. The zero-order valence-electron chi connectivity index (χ0n) is 5.23. The van der Waals surface area contributed by atoms with Crippen LogP contribution in [0.25, 0.3) is 0 Å². The Morgan fingerprint density at radius 3 is 2.75 bits per heavy atom. The predicted molar refractivity (Wildman–Crippen MR) is 35.9 cm³/mol. The van der Waals surface area contributed by atoms with Crippen molar-refractivity contribution in [3.8, 4) is 0 Å². The Morgan fingerprint density at radius 1 is 1.75 bits per heavy atom. The molecule has 0 spiro atoms. The molecule has 0 rings (SSSR count). The second-order valence-corrected chi connectivity index (χ2v) is 2.71. The molecule has 0 bridgehead atoms. The number of rotatable bonds is 4. The van der Waals surface area contributed by atoms with Crippen LogP contribution in [0.3, 0.4) is 0 Å². The van der Waals surface area contributed by atoms with Crippen LogP contribution in [-0.2, 0) is 15.6 Å². The van der Waals surface area contributed by atoms with Crippen LogP contribution in [0.5, 0.6) is 0 Å². The zero-order chi connectivity index (χ0) is 6.41. The Kier molecular flexibility index (Phi) is 5.26. The summed E-state index contributed by atoms with van der Waals surface area (Å²) in [5.41, 5.74) is 0. The highest BCUT2D eigenvalue weighted by molar-refractivity contribution is 7.83. The second-order valence-electron chi connectivity index (χ2n) is 1.40. The molecular weight excluding hydrogens is 124 g/mol. The number of nitrogens with one attached hydrogen (secondary N) is 2. The fourth-order valence-corrected chi connectivity index (χ4v) is 0.686. The molecule has 0 aliphatic rings. The molecule has 2 N–H and O–H groups in total. The molecule has 0 radical (unpaired) electrons. The van der Waals surface area contributed by atoms with Gasteiger partial charge in [-0.2, -0.15) is 0 Å².